The molecule has 1 aromatic carbocycles. The Hall–Kier alpha value is -1.62. The summed E-state index contributed by atoms with van der Waals surface area (Å²) >= 11 is 6.05. The molecule has 2 aliphatic rings. The summed E-state index contributed by atoms with van der Waals surface area (Å²) in [5.74, 6) is 0.985. The Kier molecular flexibility index (Phi) is 4.34. The van der Waals surface area contributed by atoms with Gasteiger partial charge in [-0.3, -0.25) is 4.79 Å². The van der Waals surface area contributed by atoms with E-state index in [1.165, 1.54) is 0 Å². The Labute approximate surface area is 134 Å². The lowest BCUT2D eigenvalue weighted by Crippen LogP contribution is -2.35. The van der Waals surface area contributed by atoms with Crippen LogP contribution in [0.2, 0.25) is 0 Å². The second-order valence-corrected chi connectivity index (χ2v) is 6.23. The highest BCUT2D eigenvalue weighted by atomic mass is 35.5. The van der Waals surface area contributed by atoms with E-state index in [0.29, 0.717) is 36.7 Å². The first-order chi connectivity index (χ1) is 10.6. The number of carbonyl (C=O) groups excluding carboxylic acids is 1. The molecule has 6 heteroatoms. The zero-order valence-electron chi connectivity index (χ0n) is 12.5. The number of hydrogen-bond donors (Lipinski definition) is 2. The summed E-state index contributed by atoms with van der Waals surface area (Å²) in [6.07, 6.45) is 3.24. The molecule has 0 fully saturated rings. The van der Waals surface area contributed by atoms with Crippen LogP contribution < -0.4 is 14.8 Å². The first-order valence-electron chi connectivity index (χ1n) is 7.70. The maximum absolute atomic E-state index is 12.1. The molecule has 0 spiro atoms. The molecule has 0 saturated carbocycles. The maximum Gasteiger partial charge on any atom is 0.238 e. The molecule has 0 bridgehead atoms. The third kappa shape index (κ3) is 2.70. The van der Waals surface area contributed by atoms with Crippen LogP contribution >= 0.6 is 11.6 Å². The van der Waals surface area contributed by atoms with Crippen molar-refractivity contribution in [3.05, 3.63) is 17.2 Å². The van der Waals surface area contributed by atoms with E-state index in [1.807, 2.05) is 13.0 Å². The molecule has 0 saturated heterocycles. The molecule has 1 amide bonds. The van der Waals surface area contributed by atoms with E-state index in [4.69, 9.17) is 21.1 Å². The van der Waals surface area contributed by atoms with Crippen molar-refractivity contribution in [2.75, 3.05) is 13.2 Å². The minimum absolute atomic E-state index is 0.0802. The topological polar surface area (TPSA) is 67.8 Å². The van der Waals surface area contributed by atoms with Gasteiger partial charge in [0.05, 0.1) is 18.2 Å². The monoisotopic (exact) mass is 325 g/mol. The first-order valence-corrected chi connectivity index (χ1v) is 8.14. The van der Waals surface area contributed by atoms with Gasteiger partial charge in [-0.05, 0) is 25.3 Å². The number of alkyl halides is 1. The van der Waals surface area contributed by atoms with Gasteiger partial charge < -0.3 is 19.9 Å². The number of phenolic OH excluding ortho intramolecular Hbond substituents is 1. The lowest BCUT2D eigenvalue weighted by atomic mass is 9.99. The van der Waals surface area contributed by atoms with Crippen LogP contribution in [-0.4, -0.2) is 29.6 Å². The molecule has 0 aliphatic carbocycles. The van der Waals surface area contributed by atoms with Crippen molar-refractivity contribution in [3.63, 3.8) is 0 Å². The number of ether oxygens (including phenoxy) is 2. The second kappa shape index (κ2) is 6.24. The van der Waals surface area contributed by atoms with E-state index in [9.17, 15) is 9.90 Å². The van der Waals surface area contributed by atoms with Crippen molar-refractivity contribution < 1.29 is 19.4 Å². The Morgan fingerprint density at radius 2 is 2.36 bits per heavy atom. The Bertz CT molecular complexity index is 590. The summed E-state index contributed by atoms with van der Waals surface area (Å²) in [5, 5.41) is 12.8. The molecular weight excluding hydrogens is 306 g/mol. The van der Waals surface area contributed by atoms with Crippen LogP contribution in [0.4, 0.5) is 0 Å². The van der Waals surface area contributed by atoms with Gasteiger partial charge >= 0.3 is 0 Å². The van der Waals surface area contributed by atoms with Crippen LogP contribution in [0.15, 0.2) is 6.07 Å². The molecular formula is C16H20ClNO4. The molecule has 2 unspecified atom stereocenters. The number of hydrogen-bond acceptors (Lipinski definition) is 4. The largest absolute Gasteiger partial charge is 0.504 e. The van der Waals surface area contributed by atoms with Crippen LogP contribution in [0.1, 0.15) is 43.4 Å². The Morgan fingerprint density at radius 3 is 3.14 bits per heavy atom. The molecule has 1 aromatic rings. The lowest BCUT2D eigenvalue weighted by Gasteiger charge is -2.21. The smallest absolute Gasteiger partial charge is 0.238 e. The molecule has 2 heterocycles. The highest BCUT2D eigenvalue weighted by Gasteiger charge is 2.34. The van der Waals surface area contributed by atoms with Gasteiger partial charge in [0, 0.05) is 5.56 Å². The van der Waals surface area contributed by atoms with Crippen molar-refractivity contribution in [3.8, 4) is 17.2 Å². The summed E-state index contributed by atoms with van der Waals surface area (Å²) in [6, 6.07) is 1.51. The Morgan fingerprint density at radius 1 is 1.55 bits per heavy atom. The van der Waals surface area contributed by atoms with Gasteiger partial charge in [-0.15, -0.1) is 11.6 Å². The fourth-order valence-electron chi connectivity index (χ4n) is 2.95. The summed E-state index contributed by atoms with van der Waals surface area (Å²) < 4.78 is 11.2. The predicted molar refractivity (Wildman–Crippen MR) is 82.9 cm³/mol. The maximum atomic E-state index is 12.1. The van der Waals surface area contributed by atoms with Crippen molar-refractivity contribution in [1.82, 2.24) is 5.32 Å². The fourth-order valence-corrected chi connectivity index (χ4v) is 3.23. The SMILES string of the molecule is CCCC(Cl)C(=O)NC1COc2cc3c(c(O)c21)OCCC3. The summed E-state index contributed by atoms with van der Waals surface area (Å²) in [6.45, 7) is 2.87. The van der Waals surface area contributed by atoms with Gasteiger partial charge in [-0.1, -0.05) is 13.3 Å². The minimum atomic E-state index is -0.565. The fraction of sp³-hybridized carbons (Fsp3) is 0.562. The summed E-state index contributed by atoms with van der Waals surface area (Å²) in [5.41, 5.74) is 1.55. The van der Waals surface area contributed by atoms with Crippen LogP contribution in [0, 0.1) is 0 Å². The van der Waals surface area contributed by atoms with E-state index in [-0.39, 0.29) is 11.7 Å². The second-order valence-electron chi connectivity index (χ2n) is 5.71. The van der Waals surface area contributed by atoms with Crippen LogP contribution in [0.5, 0.6) is 17.2 Å². The van der Waals surface area contributed by atoms with E-state index < -0.39 is 11.4 Å². The lowest BCUT2D eigenvalue weighted by molar-refractivity contribution is -0.121. The molecule has 0 radical (unpaired) electrons. The van der Waals surface area contributed by atoms with Crippen LogP contribution in [0.3, 0.4) is 0 Å². The summed E-state index contributed by atoms with van der Waals surface area (Å²) in [7, 11) is 0. The van der Waals surface area contributed by atoms with E-state index >= 15 is 0 Å². The Balaban J connectivity index is 1.84. The molecule has 22 heavy (non-hydrogen) atoms. The number of halogens is 1. The van der Waals surface area contributed by atoms with Crippen LogP contribution in [0.25, 0.3) is 0 Å². The molecule has 3 rings (SSSR count). The number of nitrogens with one attached hydrogen (secondary N) is 1. The molecule has 5 nitrogen and oxygen atoms in total. The molecule has 120 valence electrons. The third-order valence-corrected chi connectivity index (χ3v) is 4.48. The molecule has 0 aromatic heterocycles. The van der Waals surface area contributed by atoms with Crippen molar-refractivity contribution in [1.29, 1.82) is 0 Å². The summed E-state index contributed by atoms with van der Waals surface area (Å²) in [4.78, 5) is 12.1. The van der Waals surface area contributed by atoms with Gasteiger partial charge in [0.15, 0.2) is 11.5 Å². The number of carbonyl (C=O) groups is 1. The zero-order chi connectivity index (χ0) is 15.7. The van der Waals surface area contributed by atoms with E-state index in [0.717, 1.165) is 24.8 Å². The number of aromatic hydroxyl groups is 1. The minimum Gasteiger partial charge on any atom is -0.504 e. The molecule has 2 N–H and O–H groups in total. The van der Waals surface area contributed by atoms with Crippen molar-refractivity contribution in [2.45, 2.75) is 44.0 Å². The molecule has 2 aliphatic heterocycles. The number of benzene rings is 1. The van der Waals surface area contributed by atoms with Crippen LogP contribution in [-0.2, 0) is 11.2 Å². The van der Waals surface area contributed by atoms with Gasteiger partial charge in [0.1, 0.15) is 17.7 Å². The van der Waals surface area contributed by atoms with E-state index in [1.54, 1.807) is 0 Å². The quantitative estimate of drug-likeness (QED) is 0.835. The zero-order valence-corrected chi connectivity index (χ0v) is 13.3. The average molecular weight is 326 g/mol. The number of fused-ring (bicyclic) bond motifs is 2. The number of phenols is 1. The highest BCUT2D eigenvalue weighted by molar-refractivity contribution is 6.30. The van der Waals surface area contributed by atoms with Gasteiger partial charge in [0.2, 0.25) is 5.91 Å². The van der Waals surface area contributed by atoms with E-state index in [2.05, 4.69) is 5.32 Å². The highest BCUT2D eigenvalue weighted by Crippen LogP contribution is 2.47. The van der Waals surface area contributed by atoms with Gasteiger partial charge in [0.25, 0.3) is 0 Å². The normalized spacial score (nSPS) is 20.4. The van der Waals surface area contributed by atoms with Crippen molar-refractivity contribution >= 4 is 17.5 Å². The molecule has 2 atom stereocenters. The third-order valence-electron chi connectivity index (χ3n) is 4.07. The number of rotatable bonds is 4. The first kappa shape index (κ1) is 15.3. The predicted octanol–water partition coefficient (Wildman–Crippen LogP) is 2.67. The van der Waals surface area contributed by atoms with Crippen molar-refractivity contribution in [2.24, 2.45) is 0 Å². The van der Waals surface area contributed by atoms with Gasteiger partial charge in [-0.25, -0.2) is 0 Å². The average Bonchev–Trinajstić information content (AvgIpc) is 2.91. The number of amides is 1. The number of aryl methyl sites for hydroxylation is 1. The standard InChI is InChI=1S/C16H20ClNO4/c1-2-4-10(17)16(20)18-11-8-22-12-7-9-5-3-6-21-15(9)14(19)13(11)12/h7,10-11,19H,2-6,8H2,1H3,(H,18,20). The van der Waals surface area contributed by atoms with Gasteiger partial charge in [-0.2, -0.15) is 0 Å².